The van der Waals surface area contributed by atoms with E-state index in [-0.39, 0.29) is 0 Å². The second-order valence-corrected chi connectivity index (χ2v) is 7.41. The summed E-state index contributed by atoms with van der Waals surface area (Å²) >= 11 is 3.53. The Morgan fingerprint density at radius 1 is 1.04 bits per heavy atom. The molecule has 134 valence electrons. The van der Waals surface area contributed by atoms with Gasteiger partial charge in [-0.1, -0.05) is 18.2 Å². The van der Waals surface area contributed by atoms with Crippen molar-refractivity contribution >= 4 is 48.8 Å². The van der Waals surface area contributed by atoms with Crippen molar-refractivity contribution in [3.05, 3.63) is 59.1 Å². The number of aryl methyl sites for hydroxylation is 1. The molecular weight excluding hydrogens is 402 g/mol. The lowest BCUT2D eigenvalue weighted by Crippen LogP contribution is -1.92. The van der Waals surface area contributed by atoms with Crippen LogP contribution in [0.3, 0.4) is 0 Å². The van der Waals surface area contributed by atoms with E-state index in [0.29, 0.717) is 0 Å². The fourth-order valence-electron chi connectivity index (χ4n) is 3.90. The first kappa shape index (κ1) is 16.4. The number of imidazole rings is 1. The quantitative estimate of drug-likeness (QED) is 0.382. The number of hydrogen-bond donors (Lipinski definition) is 1. The summed E-state index contributed by atoms with van der Waals surface area (Å²) in [6, 6.07) is 19.1. The number of fused-ring (bicyclic) bond motifs is 4. The minimum Gasteiger partial charge on any atom is -0.493 e. The van der Waals surface area contributed by atoms with Gasteiger partial charge in [-0.05, 0) is 59.3 Å². The third kappa shape index (κ3) is 2.38. The van der Waals surface area contributed by atoms with Crippen LogP contribution in [0.5, 0.6) is 5.75 Å². The molecule has 0 aliphatic heterocycles. The van der Waals surface area contributed by atoms with Crippen LogP contribution in [0.4, 0.5) is 0 Å². The van der Waals surface area contributed by atoms with Crippen LogP contribution in [0, 0.1) is 0 Å². The normalized spacial score (nSPS) is 11.7. The number of aromatic amines is 1. The molecule has 0 spiro atoms. The number of nitrogens with one attached hydrogen (secondary N) is 1. The predicted octanol–water partition coefficient (Wildman–Crippen LogP) is 6.13. The number of rotatable bonds is 3. The summed E-state index contributed by atoms with van der Waals surface area (Å²) in [6.45, 7) is 3.13. The lowest BCUT2D eigenvalue weighted by molar-refractivity contribution is 0.416. The molecule has 5 rings (SSSR count). The minimum absolute atomic E-state index is 0.749. The van der Waals surface area contributed by atoms with Crippen LogP contribution in [-0.4, -0.2) is 21.6 Å². The second-order valence-electron chi connectivity index (χ2n) is 6.56. The topological polar surface area (TPSA) is 42.8 Å². The number of benzene rings is 3. The molecule has 5 heteroatoms. The summed E-state index contributed by atoms with van der Waals surface area (Å²) in [4.78, 5) is 8.24. The maximum Gasteiger partial charge on any atom is 0.160 e. The highest BCUT2D eigenvalue weighted by molar-refractivity contribution is 9.10. The van der Waals surface area contributed by atoms with Gasteiger partial charge in [0.2, 0.25) is 0 Å². The van der Waals surface area contributed by atoms with Crippen molar-refractivity contribution < 1.29 is 4.74 Å². The minimum atomic E-state index is 0.749. The number of hydrogen-bond acceptors (Lipinski definition) is 2. The number of methoxy groups -OCH3 is 1. The zero-order valence-corrected chi connectivity index (χ0v) is 16.7. The van der Waals surface area contributed by atoms with Crippen LogP contribution in [0.2, 0.25) is 0 Å². The maximum absolute atomic E-state index is 5.52. The molecule has 0 saturated heterocycles. The van der Waals surface area contributed by atoms with E-state index in [1.54, 1.807) is 7.11 Å². The van der Waals surface area contributed by atoms with E-state index in [4.69, 9.17) is 9.72 Å². The summed E-state index contributed by atoms with van der Waals surface area (Å²) in [5.41, 5.74) is 5.37. The molecule has 4 nitrogen and oxygen atoms in total. The van der Waals surface area contributed by atoms with Gasteiger partial charge in [0.15, 0.2) is 5.75 Å². The van der Waals surface area contributed by atoms with Crippen molar-refractivity contribution in [2.24, 2.45) is 0 Å². The zero-order valence-electron chi connectivity index (χ0n) is 15.1. The van der Waals surface area contributed by atoms with Crippen molar-refractivity contribution in [1.29, 1.82) is 0 Å². The molecular formula is C22H18BrN3O. The lowest BCUT2D eigenvalue weighted by atomic mass is 10.1. The Hall–Kier alpha value is -2.79. The Morgan fingerprint density at radius 3 is 2.67 bits per heavy atom. The molecule has 0 atom stereocenters. The SMILES string of the molecule is CCn1c2ccccc2c2cc(-c3nc4c(OC)c(Br)ccc4[nH]3)ccc21. The first-order valence-electron chi connectivity index (χ1n) is 8.95. The molecule has 0 unspecified atom stereocenters. The molecule has 0 amide bonds. The number of nitrogens with zero attached hydrogens (tertiary/aromatic N) is 2. The lowest BCUT2D eigenvalue weighted by Gasteiger charge is -2.03. The van der Waals surface area contributed by atoms with E-state index in [1.807, 2.05) is 12.1 Å². The van der Waals surface area contributed by atoms with Crippen LogP contribution in [0.1, 0.15) is 6.92 Å². The van der Waals surface area contributed by atoms with Crippen molar-refractivity contribution in [2.45, 2.75) is 13.5 Å². The van der Waals surface area contributed by atoms with Gasteiger partial charge >= 0.3 is 0 Å². The largest absolute Gasteiger partial charge is 0.493 e. The molecule has 0 fully saturated rings. The molecule has 0 aliphatic carbocycles. The number of aromatic nitrogens is 3. The van der Waals surface area contributed by atoms with Gasteiger partial charge in [-0.2, -0.15) is 0 Å². The van der Waals surface area contributed by atoms with Crippen molar-refractivity contribution in [3.63, 3.8) is 0 Å². The second kappa shape index (κ2) is 6.13. The van der Waals surface area contributed by atoms with E-state index in [9.17, 15) is 0 Å². The summed E-state index contributed by atoms with van der Waals surface area (Å²) < 4.78 is 8.77. The standard InChI is InChI=1S/C22H18BrN3O/c1-3-26-18-7-5-4-6-14(18)15-12-13(8-11-19(15)26)22-24-17-10-9-16(23)21(27-2)20(17)25-22/h4-12H,3H2,1-2H3,(H,24,25). The maximum atomic E-state index is 5.52. The molecule has 3 aromatic carbocycles. The predicted molar refractivity (Wildman–Crippen MR) is 114 cm³/mol. The Bertz CT molecular complexity index is 1320. The van der Waals surface area contributed by atoms with Crippen LogP contribution in [-0.2, 0) is 6.54 Å². The fraction of sp³-hybridized carbons (Fsp3) is 0.136. The fourth-order valence-corrected chi connectivity index (χ4v) is 4.38. The molecule has 0 saturated carbocycles. The third-order valence-electron chi connectivity index (χ3n) is 5.13. The van der Waals surface area contributed by atoms with E-state index >= 15 is 0 Å². The summed E-state index contributed by atoms with van der Waals surface area (Å²) in [6.07, 6.45) is 0. The molecule has 27 heavy (non-hydrogen) atoms. The Kier molecular flexibility index (Phi) is 3.72. The van der Waals surface area contributed by atoms with Gasteiger partial charge in [0.05, 0.1) is 17.1 Å². The van der Waals surface area contributed by atoms with Gasteiger partial charge < -0.3 is 14.3 Å². The third-order valence-corrected chi connectivity index (χ3v) is 5.75. The molecule has 0 radical (unpaired) electrons. The summed E-state index contributed by atoms with van der Waals surface area (Å²) in [5.74, 6) is 1.59. The van der Waals surface area contributed by atoms with E-state index in [1.165, 1.54) is 21.8 Å². The number of halogens is 1. The Labute approximate surface area is 164 Å². The van der Waals surface area contributed by atoms with Gasteiger partial charge in [-0.25, -0.2) is 4.98 Å². The van der Waals surface area contributed by atoms with E-state index < -0.39 is 0 Å². The zero-order chi connectivity index (χ0) is 18.5. The van der Waals surface area contributed by atoms with Crippen LogP contribution >= 0.6 is 15.9 Å². The first-order valence-corrected chi connectivity index (χ1v) is 9.74. The molecule has 0 aliphatic rings. The number of H-pyrrole nitrogens is 1. The highest BCUT2D eigenvalue weighted by atomic mass is 79.9. The molecule has 0 bridgehead atoms. The van der Waals surface area contributed by atoms with Gasteiger partial charge in [-0.3, -0.25) is 0 Å². The van der Waals surface area contributed by atoms with Crippen molar-refractivity contribution in [3.8, 4) is 17.1 Å². The Morgan fingerprint density at radius 2 is 1.85 bits per heavy atom. The van der Waals surface area contributed by atoms with Crippen LogP contribution < -0.4 is 4.74 Å². The highest BCUT2D eigenvalue weighted by Crippen LogP contribution is 2.36. The van der Waals surface area contributed by atoms with Crippen molar-refractivity contribution in [1.82, 2.24) is 14.5 Å². The van der Waals surface area contributed by atoms with Crippen LogP contribution in [0.25, 0.3) is 44.2 Å². The molecule has 1 N–H and O–H groups in total. The van der Waals surface area contributed by atoms with E-state index in [2.05, 4.69) is 74.9 Å². The number of para-hydroxylation sites is 1. The summed E-state index contributed by atoms with van der Waals surface area (Å²) in [7, 11) is 1.67. The highest BCUT2D eigenvalue weighted by Gasteiger charge is 2.15. The van der Waals surface area contributed by atoms with E-state index in [0.717, 1.165) is 39.2 Å². The molecule has 2 heterocycles. The van der Waals surface area contributed by atoms with Gasteiger partial charge in [0.25, 0.3) is 0 Å². The average Bonchev–Trinajstić information content (AvgIpc) is 3.26. The average molecular weight is 420 g/mol. The van der Waals surface area contributed by atoms with Gasteiger partial charge in [0.1, 0.15) is 11.3 Å². The van der Waals surface area contributed by atoms with Crippen LogP contribution in [0.15, 0.2) is 59.1 Å². The molecule has 5 aromatic rings. The molecule has 2 aromatic heterocycles. The first-order chi connectivity index (χ1) is 13.2. The monoisotopic (exact) mass is 419 g/mol. The van der Waals surface area contributed by atoms with Crippen molar-refractivity contribution in [2.75, 3.05) is 7.11 Å². The smallest absolute Gasteiger partial charge is 0.160 e. The number of ether oxygens (including phenoxy) is 1. The summed E-state index contributed by atoms with van der Waals surface area (Å²) in [5, 5.41) is 2.52. The van der Waals surface area contributed by atoms with Gasteiger partial charge in [0, 0.05) is 33.9 Å². The Balaban J connectivity index is 1.76. The van der Waals surface area contributed by atoms with Gasteiger partial charge in [-0.15, -0.1) is 0 Å².